The van der Waals surface area contributed by atoms with E-state index in [0.29, 0.717) is 13.1 Å². The van der Waals surface area contributed by atoms with Gasteiger partial charge < -0.3 is 15.1 Å². The lowest BCUT2D eigenvalue weighted by molar-refractivity contribution is -0.126. The summed E-state index contributed by atoms with van der Waals surface area (Å²) in [6.07, 6.45) is 0. The second-order valence-corrected chi connectivity index (χ2v) is 6.59. The molecular formula is C18H22BrN3O3. The first-order valence-corrected chi connectivity index (χ1v) is 8.84. The van der Waals surface area contributed by atoms with Crippen LogP contribution >= 0.6 is 15.9 Å². The summed E-state index contributed by atoms with van der Waals surface area (Å²) in [5.41, 5.74) is 0.997. The Bertz CT molecular complexity index is 713. The molecule has 6 nitrogen and oxygen atoms in total. The Morgan fingerprint density at radius 2 is 1.80 bits per heavy atom. The van der Waals surface area contributed by atoms with E-state index in [-0.39, 0.29) is 24.9 Å². The van der Waals surface area contributed by atoms with Crippen LogP contribution in [0.5, 0.6) is 0 Å². The van der Waals surface area contributed by atoms with Crippen LogP contribution in [0.15, 0.2) is 45.3 Å². The minimum Gasteiger partial charge on any atom is -0.460 e. The lowest BCUT2D eigenvalue weighted by atomic mass is 10.2. The fourth-order valence-corrected chi connectivity index (χ4v) is 2.56. The number of nitrogens with zero attached hydrogens (tertiary/aromatic N) is 1. The zero-order chi connectivity index (χ0) is 18.2. The number of nitrogens with one attached hydrogen (secondary N) is 2. The maximum Gasteiger partial charge on any atom is 0.239 e. The lowest BCUT2D eigenvalue weighted by Crippen LogP contribution is -2.40. The van der Waals surface area contributed by atoms with Crippen molar-refractivity contribution in [1.82, 2.24) is 15.5 Å². The molecule has 0 unspecified atom stereocenters. The van der Waals surface area contributed by atoms with Gasteiger partial charge in [-0.15, -0.1) is 0 Å². The van der Waals surface area contributed by atoms with E-state index in [4.69, 9.17) is 4.42 Å². The van der Waals surface area contributed by atoms with Crippen molar-refractivity contribution < 1.29 is 14.0 Å². The predicted molar refractivity (Wildman–Crippen MR) is 99.9 cm³/mol. The summed E-state index contributed by atoms with van der Waals surface area (Å²) < 4.78 is 6.85. The molecule has 0 saturated heterocycles. The minimum atomic E-state index is -0.201. The minimum absolute atomic E-state index is 0.00498. The van der Waals surface area contributed by atoms with Gasteiger partial charge in [0, 0.05) is 16.6 Å². The summed E-state index contributed by atoms with van der Waals surface area (Å²) in [5.74, 6) is 1.17. The van der Waals surface area contributed by atoms with E-state index in [9.17, 15) is 9.59 Å². The van der Waals surface area contributed by atoms with Crippen molar-refractivity contribution in [2.24, 2.45) is 0 Å². The number of carbonyl (C=O) groups excluding carboxylic acids is 2. The first kappa shape index (κ1) is 19.2. The highest BCUT2D eigenvalue weighted by molar-refractivity contribution is 9.10. The van der Waals surface area contributed by atoms with Gasteiger partial charge in [0.15, 0.2) is 0 Å². The summed E-state index contributed by atoms with van der Waals surface area (Å²) in [6.45, 7) is 3.07. The molecule has 134 valence electrons. The molecule has 2 aromatic rings. The zero-order valence-electron chi connectivity index (χ0n) is 14.3. The molecule has 0 radical (unpaired) electrons. The number of halogens is 1. The molecule has 7 heteroatoms. The van der Waals surface area contributed by atoms with E-state index in [1.54, 1.807) is 0 Å². The fourth-order valence-electron chi connectivity index (χ4n) is 2.29. The Labute approximate surface area is 155 Å². The summed E-state index contributed by atoms with van der Waals surface area (Å²) in [4.78, 5) is 25.0. The van der Waals surface area contributed by atoms with Crippen LogP contribution in [0.1, 0.15) is 12.7 Å². The summed E-state index contributed by atoms with van der Waals surface area (Å²) in [6, 6.07) is 11.7. The van der Waals surface area contributed by atoms with Crippen LogP contribution < -0.4 is 10.6 Å². The number of rotatable bonds is 8. The first-order chi connectivity index (χ1) is 12.0. The van der Waals surface area contributed by atoms with Crippen molar-refractivity contribution in [1.29, 1.82) is 0 Å². The van der Waals surface area contributed by atoms with E-state index < -0.39 is 0 Å². The van der Waals surface area contributed by atoms with Gasteiger partial charge >= 0.3 is 0 Å². The number of furan rings is 1. The Kier molecular flexibility index (Phi) is 7.21. The second-order valence-electron chi connectivity index (χ2n) is 5.68. The molecule has 1 aromatic carbocycles. The second kappa shape index (κ2) is 9.39. The Morgan fingerprint density at radius 3 is 2.48 bits per heavy atom. The van der Waals surface area contributed by atoms with Crippen LogP contribution in [0.4, 0.5) is 0 Å². The standard InChI is InChI=1S/C18H22BrN3O3/c1-3-20-17(23)10-21-18(24)12-22(2)11-15-8-9-16(25-15)13-4-6-14(19)7-5-13/h4-9H,3,10-12H2,1-2H3,(H,20,23)(H,21,24). The molecule has 2 amide bonds. The van der Waals surface area contributed by atoms with Gasteiger partial charge in [-0.3, -0.25) is 14.5 Å². The predicted octanol–water partition coefficient (Wildman–Crippen LogP) is 2.39. The number of hydrogen-bond acceptors (Lipinski definition) is 4. The van der Waals surface area contributed by atoms with Gasteiger partial charge in [0.1, 0.15) is 11.5 Å². The van der Waals surface area contributed by atoms with Crippen molar-refractivity contribution in [3.63, 3.8) is 0 Å². The molecule has 0 atom stereocenters. The van der Waals surface area contributed by atoms with Crippen molar-refractivity contribution in [3.8, 4) is 11.3 Å². The zero-order valence-corrected chi connectivity index (χ0v) is 15.9. The van der Waals surface area contributed by atoms with Crippen molar-refractivity contribution in [3.05, 3.63) is 46.6 Å². The van der Waals surface area contributed by atoms with E-state index in [1.165, 1.54) is 0 Å². The summed E-state index contributed by atoms with van der Waals surface area (Å²) in [7, 11) is 1.83. The largest absolute Gasteiger partial charge is 0.460 e. The third-order valence-corrected chi connectivity index (χ3v) is 3.98. The maximum absolute atomic E-state index is 11.8. The van der Waals surface area contributed by atoms with Gasteiger partial charge in [0.05, 0.1) is 19.6 Å². The molecule has 0 aliphatic rings. The molecule has 25 heavy (non-hydrogen) atoms. The lowest BCUT2D eigenvalue weighted by Gasteiger charge is -2.14. The van der Waals surface area contributed by atoms with Crippen LogP contribution in [-0.4, -0.2) is 43.4 Å². The molecule has 0 fully saturated rings. The average Bonchev–Trinajstić information content (AvgIpc) is 3.02. The van der Waals surface area contributed by atoms with Gasteiger partial charge in [-0.25, -0.2) is 0 Å². The summed E-state index contributed by atoms with van der Waals surface area (Å²) in [5, 5.41) is 5.22. The molecule has 0 aliphatic heterocycles. The van der Waals surface area contributed by atoms with E-state index in [0.717, 1.165) is 21.6 Å². The Hall–Kier alpha value is -2.12. The molecule has 1 heterocycles. The van der Waals surface area contributed by atoms with Crippen LogP contribution in [0.3, 0.4) is 0 Å². The van der Waals surface area contributed by atoms with Gasteiger partial charge in [-0.05, 0) is 38.2 Å². The number of carbonyl (C=O) groups is 2. The quantitative estimate of drug-likeness (QED) is 0.704. The average molecular weight is 408 g/mol. The molecule has 0 aliphatic carbocycles. The monoisotopic (exact) mass is 407 g/mol. The van der Waals surface area contributed by atoms with Crippen molar-refractivity contribution >= 4 is 27.7 Å². The van der Waals surface area contributed by atoms with E-state index in [2.05, 4.69) is 26.6 Å². The van der Waals surface area contributed by atoms with Crippen molar-refractivity contribution in [2.75, 3.05) is 26.7 Å². The van der Waals surface area contributed by atoms with Crippen LogP contribution in [0.2, 0.25) is 0 Å². The highest BCUT2D eigenvalue weighted by Crippen LogP contribution is 2.24. The fraction of sp³-hybridized carbons (Fsp3) is 0.333. The van der Waals surface area contributed by atoms with E-state index >= 15 is 0 Å². The maximum atomic E-state index is 11.8. The van der Waals surface area contributed by atoms with Gasteiger partial charge in [-0.1, -0.05) is 28.1 Å². The first-order valence-electron chi connectivity index (χ1n) is 8.04. The molecule has 1 aromatic heterocycles. The smallest absolute Gasteiger partial charge is 0.239 e. The van der Waals surface area contributed by atoms with Gasteiger partial charge in [0.2, 0.25) is 11.8 Å². The SMILES string of the molecule is CCNC(=O)CNC(=O)CN(C)Cc1ccc(-c2ccc(Br)cc2)o1. The highest BCUT2D eigenvalue weighted by Gasteiger charge is 2.11. The molecule has 2 N–H and O–H groups in total. The normalized spacial score (nSPS) is 10.7. The molecule has 0 bridgehead atoms. The Morgan fingerprint density at radius 1 is 1.08 bits per heavy atom. The topological polar surface area (TPSA) is 74.6 Å². The number of likely N-dealkylation sites (N-methyl/N-ethyl adjacent to an activating group) is 2. The third kappa shape index (κ3) is 6.36. The molecule has 2 rings (SSSR count). The van der Waals surface area contributed by atoms with Gasteiger partial charge in [-0.2, -0.15) is 0 Å². The molecular weight excluding hydrogens is 386 g/mol. The number of hydrogen-bond donors (Lipinski definition) is 2. The van der Waals surface area contributed by atoms with E-state index in [1.807, 2.05) is 55.3 Å². The molecule has 0 spiro atoms. The Balaban J connectivity index is 1.82. The van der Waals surface area contributed by atoms with Crippen molar-refractivity contribution in [2.45, 2.75) is 13.5 Å². The third-order valence-electron chi connectivity index (χ3n) is 3.45. The van der Waals surface area contributed by atoms with Gasteiger partial charge in [0.25, 0.3) is 0 Å². The molecule has 0 saturated carbocycles. The number of benzene rings is 1. The van der Waals surface area contributed by atoms with Crippen LogP contribution in [0.25, 0.3) is 11.3 Å². The number of amides is 2. The summed E-state index contributed by atoms with van der Waals surface area (Å²) >= 11 is 3.41. The van der Waals surface area contributed by atoms with Crippen LogP contribution in [0, 0.1) is 0 Å². The van der Waals surface area contributed by atoms with Crippen LogP contribution in [-0.2, 0) is 16.1 Å². The highest BCUT2D eigenvalue weighted by atomic mass is 79.9.